The number of carbonyl (C=O) groups is 3. The van der Waals surface area contributed by atoms with E-state index in [0.717, 1.165) is 23.3 Å². The molecule has 2 aliphatic heterocycles. The first kappa shape index (κ1) is 19.8. The molecule has 158 valence electrons. The smallest absolute Gasteiger partial charge is 0.274 e. The molecule has 7 heteroatoms. The van der Waals surface area contributed by atoms with E-state index in [4.69, 9.17) is 0 Å². The van der Waals surface area contributed by atoms with Crippen molar-refractivity contribution < 1.29 is 14.4 Å². The predicted octanol–water partition coefficient (Wildman–Crippen LogP) is 4.06. The Balaban J connectivity index is 1.67. The molecule has 1 N–H and O–H groups in total. The standard InChI is InChI=1S/C25H20N4O3/c1-15-9-11-16(12-10-15)27-23(30)22-21(19(14-26)20-8-4-5-13-28(20)22)29-24(31)17-6-2-3-7-18(17)25(29)32/h2-3,6-7,9-12H,4-5,8,13H2,1H3,(H,27,30). The third-order valence-corrected chi connectivity index (χ3v) is 6.04. The van der Waals surface area contributed by atoms with Crippen molar-refractivity contribution in [1.29, 1.82) is 5.26 Å². The molecule has 5 rings (SSSR count). The highest BCUT2D eigenvalue weighted by Crippen LogP contribution is 2.39. The molecule has 32 heavy (non-hydrogen) atoms. The number of nitrogens with zero attached hydrogens (tertiary/aromatic N) is 3. The molecular formula is C25H20N4O3. The number of rotatable bonds is 3. The molecule has 3 heterocycles. The summed E-state index contributed by atoms with van der Waals surface area (Å²) in [5.41, 5.74) is 3.37. The Morgan fingerprint density at radius 2 is 1.66 bits per heavy atom. The second-order valence-corrected chi connectivity index (χ2v) is 8.05. The van der Waals surface area contributed by atoms with Crippen LogP contribution in [-0.2, 0) is 13.0 Å². The number of carbonyl (C=O) groups excluding carboxylic acids is 3. The first-order chi connectivity index (χ1) is 15.5. The molecule has 3 amide bonds. The number of hydrogen-bond acceptors (Lipinski definition) is 4. The van der Waals surface area contributed by atoms with Gasteiger partial charge in [-0.1, -0.05) is 29.8 Å². The van der Waals surface area contributed by atoms with E-state index in [-0.39, 0.29) is 28.1 Å². The zero-order chi connectivity index (χ0) is 22.4. The Bertz CT molecular complexity index is 1290. The van der Waals surface area contributed by atoms with E-state index in [1.165, 1.54) is 0 Å². The first-order valence-corrected chi connectivity index (χ1v) is 10.5. The maximum absolute atomic E-state index is 13.5. The van der Waals surface area contributed by atoms with Crippen molar-refractivity contribution in [2.75, 3.05) is 10.2 Å². The predicted molar refractivity (Wildman–Crippen MR) is 119 cm³/mol. The van der Waals surface area contributed by atoms with Crippen LogP contribution >= 0.6 is 0 Å². The summed E-state index contributed by atoms with van der Waals surface area (Å²) in [6, 6.07) is 16.1. The van der Waals surface area contributed by atoms with Crippen LogP contribution < -0.4 is 10.2 Å². The van der Waals surface area contributed by atoms with Gasteiger partial charge in [-0.2, -0.15) is 5.26 Å². The van der Waals surface area contributed by atoms with Crippen LogP contribution in [-0.4, -0.2) is 22.3 Å². The molecular weight excluding hydrogens is 404 g/mol. The fraction of sp³-hybridized carbons (Fsp3) is 0.200. The first-order valence-electron chi connectivity index (χ1n) is 10.5. The average Bonchev–Trinajstić information content (AvgIpc) is 3.26. The van der Waals surface area contributed by atoms with Gasteiger partial charge < -0.3 is 9.88 Å². The summed E-state index contributed by atoms with van der Waals surface area (Å²) in [7, 11) is 0. The third kappa shape index (κ3) is 2.92. The quantitative estimate of drug-likeness (QED) is 0.642. The van der Waals surface area contributed by atoms with E-state index in [1.807, 2.05) is 19.1 Å². The van der Waals surface area contributed by atoms with Gasteiger partial charge in [-0.25, -0.2) is 4.90 Å². The monoisotopic (exact) mass is 424 g/mol. The fourth-order valence-corrected chi connectivity index (χ4v) is 4.51. The van der Waals surface area contributed by atoms with Crippen molar-refractivity contribution in [3.05, 3.63) is 82.2 Å². The van der Waals surface area contributed by atoms with E-state index in [2.05, 4.69) is 11.4 Å². The van der Waals surface area contributed by atoms with Gasteiger partial charge in [-0.15, -0.1) is 0 Å². The number of imide groups is 1. The van der Waals surface area contributed by atoms with Crippen LogP contribution in [0.15, 0.2) is 48.5 Å². The normalized spacial score (nSPS) is 14.7. The number of anilines is 2. The number of hydrogen-bond donors (Lipinski definition) is 1. The maximum atomic E-state index is 13.5. The molecule has 0 spiro atoms. The molecule has 0 atom stereocenters. The van der Waals surface area contributed by atoms with Gasteiger partial charge in [-0.05, 0) is 50.5 Å². The van der Waals surface area contributed by atoms with Crippen molar-refractivity contribution in [3.8, 4) is 6.07 Å². The summed E-state index contributed by atoms with van der Waals surface area (Å²) in [6.07, 6.45) is 2.33. The van der Waals surface area contributed by atoms with Crippen LogP contribution in [0.3, 0.4) is 0 Å². The number of aromatic nitrogens is 1. The summed E-state index contributed by atoms with van der Waals surface area (Å²) < 4.78 is 1.80. The summed E-state index contributed by atoms with van der Waals surface area (Å²) in [5, 5.41) is 12.9. The van der Waals surface area contributed by atoms with Gasteiger partial charge in [0.2, 0.25) is 0 Å². The van der Waals surface area contributed by atoms with Crippen LogP contribution in [0, 0.1) is 18.3 Å². The zero-order valence-electron chi connectivity index (χ0n) is 17.5. The lowest BCUT2D eigenvalue weighted by molar-refractivity contribution is 0.0926. The van der Waals surface area contributed by atoms with Crippen LogP contribution in [0.2, 0.25) is 0 Å². The van der Waals surface area contributed by atoms with E-state index < -0.39 is 17.7 Å². The van der Waals surface area contributed by atoms with Crippen LogP contribution in [0.25, 0.3) is 0 Å². The van der Waals surface area contributed by atoms with E-state index in [9.17, 15) is 19.6 Å². The molecule has 1 aromatic heterocycles. The Hall–Kier alpha value is -4.18. The topological polar surface area (TPSA) is 95.2 Å². The summed E-state index contributed by atoms with van der Waals surface area (Å²) >= 11 is 0. The minimum absolute atomic E-state index is 0.0835. The number of fused-ring (bicyclic) bond motifs is 2. The third-order valence-electron chi connectivity index (χ3n) is 6.04. The van der Waals surface area contributed by atoms with Crippen molar-refractivity contribution in [2.24, 2.45) is 0 Å². The Labute approximate surface area is 184 Å². The fourth-order valence-electron chi connectivity index (χ4n) is 4.51. The molecule has 0 fully saturated rings. The van der Waals surface area contributed by atoms with Crippen LogP contribution in [0.1, 0.15) is 60.9 Å². The summed E-state index contributed by atoms with van der Waals surface area (Å²) in [6.45, 7) is 2.50. The molecule has 0 radical (unpaired) electrons. The lowest BCUT2D eigenvalue weighted by atomic mass is 10.1. The van der Waals surface area contributed by atoms with Crippen molar-refractivity contribution in [3.63, 3.8) is 0 Å². The summed E-state index contributed by atoms with van der Waals surface area (Å²) in [5.74, 6) is -1.49. The van der Waals surface area contributed by atoms with Crippen molar-refractivity contribution in [1.82, 2.24) is 4.57 Å². The second kappa shape index (κ2) is 7.50. The van der Waals surface area contributed by atoms with E-state index in [1.54, 1.807) is 41.0 Å². The number of nitrogens with one attached hydrogen (secondary N) is 1. The summed E-state index contributed by atoms with van der Waals surface area (Å²) in [4.78, 5) is 40.9. The average molecular weight is 424 g/mol. The largest absolute Gasteiger partial charge is 0.337 e. The minimum Gasteiger partial charge on any atom is -0.337 e. The lowest BCUT2D eigenvalue weighted by Gasteiger charge is -2.19. The molecule has 0 saturated carbocycles. The van der Waals surface area contributed by atoms with Gasteiger partial charge in [0.25, 0.3) is 17.7 Å². The van der Waals surface area contributed by atoms with Crippen molar-refractivity contribution >= 4 is 29.1 Å². The van der Waals surface area contributed by atoms with Gasteiger partial charge in [0, 0.05) is 17.9 Å². The molecule has 0 unspecified atom stereocenters. The SMILES string of the molecule is Cc1ccc(NC(=O)c2c(N3C(=O)c4ccccc4C3=O)c(C#N)c3n2CCCC3)cc1. The van der Waals surface area contributed by atoms with E-state index in [0.29, 0.717) is 24.3 Å². The van der Waals surface area contributed by atoms with Crippen molar-refractivity contribution in [2.45, 2.75) is 32.7 Å². The van der Waals surface area contributed by atoms with Gasteiger partial charge >= 0.3 is 0 Å². The second-order valence-electron chi connectivity index (χ2n) is 8.05. The zero-order valence-corrected chi connectivity index (χ0v) is 17.5. The molecule has 2 aromatic carbocycles. The minimum atomic E-state index is -0.519. The maximum Gasteiger partial charge on any atom is 0.274 e. The number of benzene rings is 2. The Morgan fingerprint density at radius 3 is 2.28 bits per heavy atom. The van der Waals surface area contributed by atoms with Crippen LogP contribution in [0.4, 0.5) is 11.4 Å². The van der Waals surface area contributed by atoms with Gasteiger partial charge in [-0.3, -0.25) is 14.4 Å². The lowest BCUT2D eigenvalue weighted by Crippen LogP contribution is -2.32. The Kier molecular flexibility index (Phi) is 4.63. The number of amides is 3. The highest BCUT2D eigenvalue weighted by Gasteiger charge is 2.42. The van der Waals surface area contributed by atoms with Gasteiger partial charge in [0.15, 0.2) is 0 Å². The number of aryl methyl sites for hydroxylation is 1. The molecule has 0 saturated heterocycles. The van der Waals surface area contributed by atoms with Gasteiger partial charge in [0.1, 0.15) is 17.5 Å². The highest BCUT2D eigenvalue weighted by molar-refractivity contribution is 6.36. The molecule has 0 bridgehead atoms. The molecule has 0 aliphatic carbocycles. The van der Waals surface area contributed by atoms with Crippen LogP contribution in [0.5, 0.6) is 0 Å². The highest BCUT2D eigenvalue weighted by atomic mass is 16.2. The molecule has 2 aliphatic rings. The molecule has 3 aromatic rings. The van der Waals surface area contributed by atoms with Gasteiger partial charge in [0.05, 0.1) is 16.7 Å². The molecule has 7 nitrogen and oxygen atoms in total. The van der Waals surface area contributed by atoms with E-state index >= 15 is 0 Å². The number of nitriles is 1. The Morgan fingerprint density at radius 1 is 1.00 bits per heavy atom.